The zero-order valence-corrected chi connectivity index (χ0v) is 9.51. The zero-order chi connectivity index (χ0) is 10.7. The second-order valence-corrected chi connectivity index (χ2v) is 4.03. The highest BCUT2D eigenvalue weighted by atomic mass is 35.5. The van der Waals surface area contributed by atoms with E-state index in [1.807, 2.05) is 19.0 Å². The van der Waals surface area contributed by atoms with Gasteiger partial charge in [-0.3, -0.25) is 4.90 Å². The van der Waals surface area contributed by atoms with Crippen molar-refractivity contribution in [3.63, 3.8) is 0 Å². The molecule has 2 nitrogen and oxygen atoms in total. The summed E-state index contributed by atoms with van der Waals surface area (Å²) in [5.41, 5.74) is 0.847. The van der Waals surface area contributed by atoms with Gasteiger partial charge in [0.05, 0.1) is 16.1 Å². The Morgan fingerprint density at radius 1 is 1.29 bits per heavy atom. The van der Waals surface area contributed by atoms with Crippen molar-refractivity contribution >= 4 is 29.5 Å². The van der Waals surface area contributed by atoms with Crippen LogP contribution in [0.5, 0.6) is 0 Å². The fourth-order valence-corrected chi connectivity index (χ4v) is 1.50. The minimum absolute atomic E-state index is 0.273. The van der Waals surface area contributed by atoms with Crippen LogP contribution < -0.4 is 0 Å². The fourth-order valence-electron chi connectivity index (χ4n) is 1.19. The van der Waals surface area contributed by atoms with Crippen molar-refractivity contribution in [3.8, 4) is 0 Å². The number of rotatable bonds is 3. The van der Waals surface area contributed by atoms with E-state index < -0.39 is 0 Å². The molecule has 0 N–H and O–H groups in total. The molecule has 0 aromatic heterocycles. The minimum Gasteiger partial charge on any atom is -0.301 e. The molecule has 0 radical (unpaired) electrons. The molecular weight excluding hydrogens is 221 g/mol. The van der Waals surface area contributed by atoms with Crippen LogP contribution in [0.15, 0.2) is 18.2 Å². The van der Waals surface area contributed by atoms with Crippen molar-refractivity contribution in [2.24, 2.45) is 0 Å². The molecule has 0 amide bonds. The van der Waals surface area contributed by atoms with Crippen LogP contribution in [0.3, 0.4) is 0 Å². The first-order valence-electron chi connectivity index (χ1n) is 4.13. The van der Waals surface area contributed by atoms with Gasteiger partial charge < -0.3 is 4.79 Å². The molecule has 0 bridgehead atoms. The normalized spacial score (nSPS) is 12.9. The molecule has 76 valence electrons. The molecule has 0 spiro atoms. The number of halogens is 2. The molecule has 0 fully saturated rings. The Morgan fingerprint density at radius 3 is 2.36 bits per heavy atom. The van der Waals surface area contributed by atoms with Gasteiger partial charge >= 0.3 is 0 Å². The average Bonchev–Trinajstić information content (AvgIpc) is 2.11. The smallest absolute Gasteiger partial charge is 0.141 e. The number of aldehydes is 1. The van der Waals surface area contributed by atoms with E-state index in [1.54, 1.807) is 18.2 Å². The topological polar surface area (TPSA) is 20.3 Å². The molecule has 0 heterocycles. The van der Waals surface area contributed by atoms with Crippen LogP contribution in [0.1, 0.15) is 11.6 Å². The zero-order valence-electron chi connectivity index (χ0n) is 8.00. The third-order valence-corrected chi connectivity index (χ3v) is 2.71. The molecule has 1 aromatic rings. The SMILES string of the molecule is CN(C)C(C=O)c1ccc(Cl)c(Cl)c1. The van der Waals surface area contributed by atoms with Gasteiger partial charge in [-0.05, 0) is 31.8 Å². The third kappa shape index (κ3) is 2.47. The maximum atomic E-state index is 10.8. The van der Waals surface area contributed by atoms with E-state index >= 15 is 0 Å². The number of hydrogen-bond donors (Lipinski definition) is 0. The molecule has 0 saturated heterocycles. The molecule has 0 aliphatic heterocycles. The molecule has 4 heteroatoms. The average molecular weight is 232 g/mol. The lowest BCUT2D eigenvalue weighted by Crippen LogP contribution is -2.20. The highest BCUT2D eigenvalue weighted by Crippen LogP contribution is 2.26. The first kappa shape index (κ1) is 11.5. The van der Waals surface area contributed by atoms with Crippen LogP contribution in [0.4, 0.5) is 0 Å². The van der Waals surface area contributed by atoms with Crippen LogP contribution in [0.25, 0.3) is 0 Å². The van der Waals surface area contributed by atoms with Gasteiger partial charge in [-0.15, -0.1) is 0 Å². The summed E-state index contributed by atoms with van der Waals surface area (Å²) >= 11 is 11.6. The van der Waals surface area contributed by atoms with Gasteiger partial charge in [0, 0.05) is 0 Å². The van der Waals surface area contributed by atoms with Gasteiger partial charge in [0.2, 0.25) is 0 Å². The van der Waals surface area contributed by atoms with E-state index in [4.69, 9.17) is 23.2 Å². The highest BCUT2D eigenvalue weighted by molar-refractivity contribution is 6.42. The van der Waals surface area contributed by atoms with Crippen LogP contribution >= 0.6 is 23.2 Å². The van der Waals surface area contributed by atoms with Crippen molar-refractivity contribution in [1.29, 1.82) is 0 Å². The van der Waals surface area contributed by atoms with E-state index in [9.17, 15) is 4.79 Å². The lowest BCUT2D eigenvalue weighted by Gasteiger charge is -2.18. The van der Waals surface area contributed by atoms with Gasteiger partial charge in [0.15, 0.2) is 0 Å². The quantitative estimate of drug-likeness (QED) is 0.747. The predicted octanol–water partition coefficient (Wildman–Crippen LogP) is 2.80. The van der Waals surface area contributed by atoms with Gasteiger partial charge in [-0.25, -0.2) is 0 Å². The Balaban J connectivity index is 3.05. The van der Waals surface area contributed by atoms with Gasteiger partial charge in [-0.2, -0.15) is 0 Å². The van der Waals surface area contributed by atoms with Gasteiger partial charge in [0.1, 0.15) is 6.29 Å². The number of carbonyl (C=O) groups excluding carboxylic acids is 1. The Morgan fingerprint density at radius 2 is 1.93 bits per heavy atom. The van der Waals surface area contributed by atoms with E-state index in [-0.39, 0.29) is 6.04 Å². The number of benzene rings is 1. The summed E-state index contributed by atoms with van der Waals surface area (Å²) in [6, 6.07) is 4.93. The van der Waals surface area contributed by atoms with E-state index in [1.165, 1.54) is 0 Å². The van der Waals surface area contributed by atoms with Gasteiger partial charge in [0.25, 0.3) is 0 Å². The second kappa shape index (κ2) is 4.78. The van der Waals surface area contributed by atoms with Crippen LogP contribution in [0, 0.1) is 0 Å². The Kier molecular flexibility index (Phi) is 3.93. The summed E-state index contributed by atoms with van der Waals surface area (Å²) in [6.45, 7) is 0. The second-order valence-electron chi connectivity index (χ2n) is 3.22. The van der Waals surface area contributed by atoms with E-state index in [0.29, 0.717) is 10.0 Å². The number of carbonyl (C=O) groups is 1. The van der Waals surface area contributed by atoms with E-state index in [2.05, 4.69) is 0 Å². The number of likely N-dealkylation sites (N-methyl/N-ethyl adjacent to an activating group) is 1. The van der Waals surface area contributed by atoms with Crippen LogP contribution in [-0.2, 0) is 4.79 Å². The maximum Gasteiger partial charge on any atom is 0.141 e. The fraction of sp³-hybridized carbons (Fsp3) is 0.300. The van der Waals surface area contributed by atoms with Crippen molar-refractivity contribution in [1.82, 2.24) is 4.90 Å². The molecular formula is C10H11Cl2NO. The summed E-state index contributed by atoms with van der Waals surface area (Å²) in [7, 11) is 3.67. The molecule has 1 aromatic carbocycles. The number of nitrogens with zero attached hydrogens (tertiary/aromatic N) is 1. The first-order valence-corrected chi connectivity index (χ1v) is 4.88. The highest BCUT2D eigenvalue weighted by Gasteiger charge is 2.13. The standard InChI is InChI=1S/C10H11Cl2NO/c1-13(2)10(6-14)7-3-4-8(11)9(12)5-7/h3-6,10H,1-2H3. The first-order chi connectivity index (χ1) is 6.56. The largest absolute Gasteiger partial charge is 0.301 e. The van der Waals surface area contributed by atoms with Gasteiger partial charge in [-0.1, -0.05) is 29.3 Å². The minimum atomic E-state index is -0.273. The summed E-state index contributed by atoms with van der Waals surface area (Å²) in [6.07, 6.45) is 0.875. The summed E-state index contributed by atoms with van der Waals surface area (Å²) in [5.74, 6) is 0. The van der Waals surface area contributed by atoms with Crippen molar-refractivity contribution < 1.29 is 4.79 Å². The summed E-state index contributed by atoms with van der Waals surface area (Å²) in [5, 5.41) is 0.969. The molecule has 14 heavy (non-hydrogen) atoms. The maximum absolute atomic E-state index is 10.8. The third-order valence-electron chi connectivity index (χ3n) is 1.97. The molecule has 0 aliphatic rings. The molecule has 0 aliphatic carbocycles. The predicted molar refractivity (Wildman–Crippen MR) is 59.0 cm³/mol. The van der Waals surface area contributed by atoms with Crippen molar-refractivity contribution in [3.05, 3.63) is 33.8 Å². The Bertz CT molecular complexity index is 339. The lowest BCUT2D eigenvalue weighted by molar-refractivity contribution is -0.111. The summed E-state index contributed by atoms with van der Waals surface area (Å²) < 4.78 is 0. The van der Waals surface area contributed by atoms with Crippen LogP contribution in [-0.4, -0.2) is 25.3 Å². The lowest BCUT2D eigenvalue weighted by atomic mass is 10.1. The Labute approximate surface area is 93.4 Å². The molecule has 0 saturated carbocycles. The van der Waals surface area contributed by atoms with Crippen molar-refractivity contribution in [2.75, 3.05) is 14.1 Å². The number of hydrogen-bond acceptors (Lipinski definition) is 2. The van der Waals surface area contributed by atoms with Crippen LogP contribution in [0.2, 0.25) is 10.0 Å². The summed E-state index contributed by atoms with van der Waals surface area (Å²) in [4.78, 5) is 12.6. The van der Waals surface area contributed by atoms with Crippen molar-refractivity contribution in [2.45, 2.75) is 6.04 Å². The molecule has 1 atom stereocenters. The monoisotopic (exact) mass is 231 g/mol. The molecule has 1 rings (SSSR count). The van der Waals surface area contributed by atoms with E-state index in [0.717, 1.165) is 11.8 Å². The molecule has 1 unspecified atom stereocenters. The Hall–Kier alpha value is -0.570.